The molecule has 0 saturated heterocycles. The zero-order valence-corrected chi connectivity index (χ0v) is 12.3. The van der Waals surface area contributed by atoms with Gasteiger partial charge in [0.1, 0.15) is 0 Å². The van der Waals surface area contributed by atoms with Crippen molar-refractivity contribution in [2.75, 3.05) is 11.1 Å². The normalized spacial score (nSPS) is 12.0. The van der Waals surface area contributed by atoms with Crippen LogP contribution in [0, 0.1) is 0 Å². The molecule has 1 atom stereocenters. The molecule has 4 heteroatoms. The minimum absolute atomic E-state index is 0.00396. The Bertz CT molecular complexity index is 634. The lowest BCUT2D eigenvalue weighted by atomic mass is 10.1. The molecule has 0 aliphatic rings. The number of aliphatic hydroxyl groups excluding tert-OH is 1. The Morgan fingerprint density at radius 2 is 1.90 bits per heavy atom. The van der Waals surface area contributed by atoms with Gasteiger partial charge in [0.2, 0.25) is 0 Å². The average Bonchev–Trinajstić information content (AvgIpc) is 2.42. The fourth-order valence-electron chi connectivity index (χ4n) is 2.12. The Labute approximate surface area is 124 Å². The predicted octanol–water partition coefficient (Wildman–Crippen LogP) is 3.14. The van der Waals surface area contributed by atoms with Crippen LogP contribution in [0.1, 0.15) is 29.8 Å². The number of nitrogens with one attached hydrogen (secondary N) is 1. The Morgan fingerprint density at radius 3 is 2.43 bits per heavy atom. The zero-order chi connectivity index (χ0) is 15.4. The van der Waals surface area contributed by atoms with Crippen LogP contribution in [0.5, 0.6) is 0 Å². The van der Waals surface area contributed by atoms with E-state index in [0.29, 0.717) is 17.7 Å². The first-order valence-corrected chi connectivity index (χ1v) is 6.90. The molecule has 0 spiro atoms. The smallest absolute Gasteiger partial charge is 0.159 e. The van der Waals surface area contributed by atoms with Gasteiger partial charge < -0.3 is 16.2 Å². The summed E-state index contributed by atoms with van der Waals surface area (Å²) in [7, 11) is 0. The molecular weight excluding hydrogens is 264 g/mol. The Kier molecular flexibility index (Phi) is 4.60. The van der Waals surface area contributed by atoms with Gasteiger partial charge >= 0.3 is 0 Å². The number of rotatable bonds is 5. The van der Waals surface area contributed by atoms with E-state index in [2.05, 4.69) is 5.32 Å². The van der Waals surface area contributed by atoms with Gasteiger partial charge in [-0.3, -0.25) is 4.79 Å². The van der Waals surface area contributed by atoms with Crippen LogP contribution in [0.15, 0.2) is 42.5 Å². The van der Waals surface area contributed by atoms with Crippen LogP contribution < -0.4 is 11.1 Å². The first-order chi connectivity index (χ1) is 9.95. The SMILES string of the molecule is CC(=O)c1ccc(Nc2ccc(CC(C)O)cc2)c(N)c1. The molecule has 1 unspecified atom stereocenters. The number of aliphatic hydroxyl groups is 1. The highest BCUT2D eigenvalue weighted by molar-refractivity contribution is 5.96. The van der Waals surface area contributed by atoms with E-state index >= 15 is 0 Å². The van der Waals surface area contributed by atoms with E-state index in [1.54, 1.807) is 25.1 Å². The third-order valence-electron chi connectivity index (χ3n) is 3.22. The van der Waals surface area contributed by atoms with Crippen molar-refractivity contribution in [3.05, 3.63) is 53.6 Å². The van der Waals surface area contributed by atoms with Crippen LogP contribution in [0.3, 0.4) is 0 Å². The summed E-state index contributed by atoms with van der Waals surface area (Å²) >= 11 is 0. The molecule has 4 N–H and O–H groups in total. The average molecular weight is 284 g/mol. The number of anilines is 3. The van der Waals surface area contributed by atoms with Crippen molar-refractivity contribution in [2.45, 2.75) is 26.4 Å². The Hall–Kier alpha value is -2.33. The molecule has 21 heavy (non-hydrogen) atoms. The number of benzene rings is 2. The molecular formula is C17H20N2O2. The van der Waals surface area contributed by atoms with Crippen molar-refractivity contribution in [1.82, 2.24) is 0 Å². The van der Waals surface area contributed by atoms with E-state index < -0.39 is 0 Å². The highest BCUT2D eigenvalue weighted by atomic mass is 16.3. The van der Waals surface area contributed by atoms with Crippen LogP contribution in [0.2, 0.25) is 0 Å². The van der Waals surface area contributed by atoms with Gasteiger partial charge in [0.05, 0.1) is 17.5 Å². The molecule has 0 amide bonds. The number of nitrogens with two attached hydrogens (primary N) is 1. The van der Waals surface area contributed by atoms with E-state index in [4.69, 9.17) is 5.73 Å². The van der Waals surface area contributed by atoms with E-state index in [1.807, 2.05) is 24.3 Å². The summed E-state index contributed by atoms with van der Waals surface area (Å²) < 4.78 is 0. The number of carbonyl (C=O) groups excluding carboxylic acids is 1. The predicted molar refractivity (Wildman–Crippen MR) is 86.0 cm³/mol. The van der Waals surface area contributed by atoms with Crippen LogP contribution in [-0.4, -0.2) is 17.0 Å². The molecule has 2 rings (SSSR count). The van der Waals surface area contributed by atoms with Gasteiger partial charge in [-0.25, -0.2) is 0 Å². The molecule has 0 bridgehead atoms. The summed E-state index contributed by atoms with van der Waals surface area (Å²) in [6.07, 6.45) is 0.286. The first-order valence-electron chi connectivity index (χ1n) is 6.90. The maximum absolute atomic E-state index is 11.3. The number of ketones is 1. The number of hydrogen-bond acceptors (Lipinski definition) is 4. The van der Waals surface area contributed by atoms with Gasteiger partial charge in [-0.2, -0.15) is 0 Å². The van der Waals surface area contributed by atoms with Crippen molar-refractivity contribution < 1.29 is 9.90 Å². The molecule has 110 valence electrons. The lowest BCUT2D eigenvalue weighted by Crippen LogP contribution is -2.04. The summed E-state index contributed by atoms with van der Waals surface area (Å²) in [6, 6.07) is 13.0. The third kappa shape index (κ3) is 4.07. The maximum atomic E-state index is 11.3. The van der Waals surface area contributed by atoms with Crippen LogP contribution in [-0.2, 0) is 6.42 Å². The fourth-order valence-corrected chi connectivity index (χ4v) is 2.12. The van der Waals surface area contributed by atoms with Gasteiger partial charge in [0, 0.05) is 11.3 Å². The second-order valence-electron chi connectivity index (χ2n) is 5.23. The van der Waals surface area contributed by atoms with Crippen LogP contribution in [0.4, 0.5) is 17.1 Å². The molecule has 4 nitrogen and oxygen atoms in total. The topological polar surface area (TPSA) is 75.3 Å². The highest BCUT2D eigenvalue weighted by Gasteiger charge is 2.05. The van der Waals surface area contributed by atoms with Crippen molar-refractivity contribution in [3.8, 4) is 0 Å². The summed E-state index contributed by atoms with van der Waals surface area (Å²) in [5, 5.41) is 12.6. The lowest BCUT2D eigenvalue weighted by molar-refractivity contribution is 0.101. The van der Waals surface area contributed by atoms with Gasteiger partial charge in [-0.15, -0.1) is 0 Å². The standard InChI is InChI=1S/C17H20N2O2/c1-11(20)9-13-3-6-15(7-4-13)19-17-8-5-14(12(2)21)10-16(17)18/h3-8,10-11,19-20H,9,18H2,1-2H3. The van der Waals surface area contributed by atoms with Crippen molar-refractivity contribution in [2.24, 2.45) is 0 Å². The van der Waals surface area contributed by atoms with Gasteiger partial charge in [-0.1, -0.05) is 12.1 Å². The van der Waals surface area contributed by atoms with Crippen LogP contribution in [0.25, 0.3) is 0 Å². The van der Waals surface area contributed by atoms with Gasteiger partial charge in [0.15, 0.2) is 5.78 Å². The molecule has 0 heterocycles. The van der Waals surface area contributed by atoms with E-state index in [0.717, 1.165) is 16.9 Å². The largest absolute Gasteiger partial charge is 0.397 e. The molecule has 0 saturated carbocycles. The number of nitrogen functional groups attached to an aromatic ring is 1. The van der Waals surface area contributed by atoms with Gasteiger partial charge in [-0.05, 0) is 56.2 Å². The number of carbonyl (C=O) groups is 1. The fraction of sp³-hybridized carbons (Fsp3) is 0.235. The Morgan fingerprint density at radius 1 is 1.24 bits per heavy atom. The maximum Gasteiger partial charge on any atom is 0.159 e. The molecule has 2 aromatic carbocycles. The van der Waals surface area contributed by atoms with Crippen LogP contribution >= 0.6 is 0 Å². The summed E-state index contributed by atoms with van der Waals surface area (Å²) in [5.41, 5.74) is 9.85. The van der Waals surface area contributed by atoms with E-state index in [1.165, 1.54) is 6.92 Å². The molecule has 0 aromatic heterocycles. The molecule has 0 radical (unpaired) electrons. The zero-order valence-electron chi connectivity index (χ0n) is 12.3. The second-order valence-corrected chi connectivity index (χ2v) is 5.23. The highest BCUT2D eigenvalue weighted by Crippen LogP contribution is 2.24. The second kappa shape index (κ2) is 6.41. The third-order valence-corrected chi connectivity index (χ3v) is 3.22. The number of hydrogen-bond donors (Lipinski definition) is 3. The van der Waals surface area contributed by atoms with Crippen molar-refractivity contribution in [1.29, 1.82) is 0 Å². The van der Waals surface area contributed by atoms with Gasteiger partial charge in [0.25, 0.3) is 0 Å². The van der Waals surface area contributed by atoms with E-state index in [-0.39, 0.29) is 11.9 Å². The molecule has 0 aliphatic carbocycles. The quantitative estimate of drug-likeness (QED) is 0.582. The van der Waals surface area contributed by atoms with E-state index in [9.17, 15) is 9.90 Å². The summed E-state index contributed by atoms with van der Waals surface area (Å²) in [5.74, 6) is -0.00396. The minimum atomic E-state index is -0.349. The summed E-state index contributed by atoms with van der Waals surface area (Å²) in [4.78, 5) is 11.3. The van der Waals surface area contributed by atoms with Crippen molar-refractivity contribution >= 4 is 22.8 Å². The first kappa shape index (κ1) is 15.1. The number of Topliss-reactive ketones (excluding diaryl/α,β-unsaturated/α-hetero) is 1. The Balaban J connectivity index is 2.13. The minimum Gasteiger partial charge on any atom is -0.397 e. The monoisotopic (exact) mass is 284 g/mol. The lowest BCUT2D eigenvalue weighted by Gasteiger charge is -2.11. The molecule has 0 aliphatic heterocycles. The van der Waals surface area contributed by atoms with Crippen molar-refractivity contribution in [3.63, 3.8) is 0 Å². The summed E-state index contributed by atoms with van der Waals surface area (Å²) in [6.45, 7) is 3.28. The molecule has 2 aromatic rings. The molecule has 0 fully saturated rings.